The third kappa shape index (κ3) is 2.63. The van der Waals surface area contributed by atoms with Crippen LogP contribution in [-0.4, -0.2) is 23.0 Å². The van der Waals surface area contributed by atoms with Gasteiger partial charge < -0.3 is 15.2 Å². The van der Waals surface area contributed by atoms with Crippen LogP contribution in [0.5, 0.6) is 0 Å². The fourth-order valence-corrected chi connectivity index (χ4v) is 2.26. The van der Waals surface area contributed by atoms with Crippen LogP contribution in [0.3, 0.4) is 0 Å². The summed E-state index contributed by atoms with van der Waals surface area (Å²) in [5, 5.41) is 4.22. The number of anilines is 1. The van der Waals surface area contributed by atoms with Crippen molar-refractivity contribution in [2.75, 3.05) is 12.8 Å². The molecule has 0 bridgehead atoms. The third-order valence-electron chi connectivity index (χ3n) is 3.18. The lowest BCUT2D eigenvalue weighted by Gasteiger charge is -2.18. The van der Waals surface area contributed by atoms with E-state index in [4.69, 9.17) is 21.9 Å². The standard InChI is InChI=1S/C14H16ClN3O2/c1-8-10(9(2)20-17-8)7-18(3)14(19)13-11(15)5-4-6-12(13)16/h4-6H,7,16H2,1-3H3. The van der Waals surface area contributed by atoms with Gasteiger partial charge in [-0.25, -0.2) is 0 Å². The highest BCUT2D eigenvalue weighted by Crippen LogP contribution is 2.24. The van der Waals surface area contributed by atoms with Gasteiger partial charge in [-0.1, -0.05) is 22.8 Å². The number of nitrogens with zero attached hydrogens (tertiary/aromatic N) is 2. The Kier molecular flexibility index (Phi) is 3.99. The number of halogens is 1. The molecule has 0 spiro atoms. The minimum absolute atomic E-state index is 0.229. The summed E-state index contributed by atoms with van der Waals surface area (Å²) in [6, 6.07) is 5.01. The molecule has 0 saturated heterocycles. The molecule has 0 unspecified atom stereocenters. The van der Waals surface area contributed by atoms with Crippen molar-refractivity contribution >= 4 is 23.2 Å². The van der Waals surface area contributed by atoms with Crippen molar-refractivity contribution in [2.45, 2.75) is 20.4 Å². The maximum atomic E-state index is 12.4. The number of aromatic nitrogens is 1. The molecule has 0 aliphatic carbocycles. The Balaban J connectivity index is 2.26. The van der Waals surface area contributed by atoms with Gasteiger partial charge in [0.25, 0.3) is 5.91 Å². The Morgan fingerprint density at radius 3 is 2.70 bits per heavy atom. The van der Waals surface area contributed by atoms with E-state index >= 15 is 0 Å². The van der Waals surface area contributed by atoms with Crippen molar-refractivity contribution in [1.29, 1.82) is 0 Å². The van der Waals surface area contributed by atoms with Crippen LogP contribution in [0.1, 0.15) is 27.4 Å². The third-order valence-corrected chi connectivity index (χ3v) is 3.50. The van der Waals surface area contributed by atoms with E-state index in [9.17, 15) is 4.79 Å². The van der Waals surface area contributed by atoms with Gasteiger partial charge in [-0.3, -0.25) is 4.79 Å². The van der Waals surface area contributed by atoms with Crippen LogP contribution >= 0.6 is 11.6 Å². The highest BCUT2D eigenvalue weighted by atomic mass is 35.5. The van der Waals surface area contributed by atoms with Gasteiger partial charge in [0, 0.05) is 18.3 Å². The summed E-state index contributed by atoms with van der Waals surface area (Å²) >= 11 is 6.05. The zero-order valence-electron chi connectivity index (χ0n) is 11.6. The number of benzene rings is 1. The summed E-state index contributed by atoms with van der Waals surface area (Å²) < 4.78 is 5.09. The molecule has 5 nitrogen and oxygen atoms in total. The van der Waals surface area contributed by atoms with E-state index in [0.717, 1.165) is 11.3 Å². The molecule has 1 aromatic heterocycles. The lowest BCUT2D eigenvalue weighted by molar-refractivity contribution is 0.0785. The molecular weight excluding hydrogens is 278 g/mol. The summed E-state index contributed by atoms with van der Waals surface area (Å²) in [5.41, 5.74) is 8.19. The van der Waals surface area contributed by atoms with Crippen LogP contribution in [0.2, 0.25) is 5.02 Å². The number of aryl methyl sites for hydroxylation is 2. The molecule has 2 aromatic rings. The largest absolute Gasteiger partial charge is 0.398 e. The molecule has 0 radical (unpaired) electrons. The molecule has 0 saturated carbocycles. The molecule has 0 fully saturated rings. The summed E-state index contributed by atoms with van der Waals surface area (Å²) in [4.78, 5) is 14.0. The molecule has 1 amide bonds. The van der Waals surface area contributed by atoms with Gasteiger partial charge in [0.2, 0.25) is 0 Å². The zero-order chi connectivity index (χ0) is 14.9. The zero-order valence-corrected chi connectivity index (χ0v) is 12.4. The first-order valence-electron chi connectivity index (χ1n) is 6.13. The van der Waals surface area contributed by atoms with Gasteiger partial charge in [-0.15, -0.1) is 0 Å². The first kappa shape index (κ1) is 14.4. The SMILES string of the molecule is Cc1noc(C)c1CN(C)C(=O)c1c(N)cccc1Cl. The second-order valence-electron chi connectivity index (χ2n) is 4.67. The number of amides is 1. The second kappa shape index (κ2) is 5.54. The molecule has 2 rings (SSSR count). The first-order chi connectivity index (χ1) is 9.41. The summed E-state index contributed by atoms with van der Waals surface area (Å²) in [6.45, 7) is 4.05. The van der Waals surface area contributed by atoms with Gasteiger partial charge in [0.1, 0.15) is 5.76 Å². The molecule has 20 heavy (non-hydrogen) atoms. The normalized spacial score (nSPS) is 10.6. The Morgan fingerprint density at radius 1 is 1.45 bits per heavy atom. The maximum Gasteiger partial charge on any atom is 0.257 e. The Bertz CT molecular complexity index is 612. The molecule has 0 aliphatic heterocycles. The number of nitrogens with two attached hydrogens (primary N) is 1. The van der Waals surface area contributed by atoms with E-state index in [0.29, 0.717) is 28.6 Å². The lowest BCUT2D eigenvalue weighted by Crippen LogP contribution is -2.27. The number of carbonyl (C=O) groups excluding carboxylic acids is 1. The van der Waals surface area contributed by atoms with Gasteiger partial charge in [-0.2, -0.15) is 0 Å². The average molecular weight is 294 g/mol. The maximum absolute atomic E-state index is 12.4. The van der Waals surface area contributed by atoms with Gasteiger partial charge >= 0.3 is 0 Å². The van der Waals surface area contributed by atoms with Crippen LogP contribution in [0.4, 0.5) is 5.69 Å². The van der Waals surface area contributed by atoms with Crippen molar-refractivity contribution < 1.29 is 9.32 Å². The molecular formula is C14H16ClN3O2. The smallest absolute Gasteiger partial charge is 0.257 e. The Morgan fingerprint density at radius 2 is 2.15 bits per heavy atom. The average Bonchev–Trinajstić information content (AvgIpc) is 2.70. The van der Waals surface area contributed by atoms with E-state index in [-0.39, 0.29) is 5.91 Å². The van der Waals surface area contributed by atoms with Crippen LogP contribution in [0, 0.1) is 13.8 Å². The lowest BCUT2D eigenvalue weighted by atomic mass is 10.1. The molecule has 0 atom stereocenters. The van der Waals surface area contributed by atoms with E-state index < -0.39 is 0 Å². The van der Waals surface area contributed by atoms with E-state index in [1.807, 2.05) is 13.8 Å². The predicted octanol–water partition coefficient (Wildman–Crippen LogP) is 2.80. The monoisotopic (exact) mass is 293 g/mol. The number of rotatable bonds is 3. The fraction of sp³-hybridized carbons (Fsp3) is 0.286. The predicted molar refractivity (Wildman–Crippen MR) is 77.6 cm³/mol. The molecule has 1 heterocycles. The highest BCUT2D eigenvalue weighted by Gasteiger charge is 2.20. The van der Waals surface area contributed by atoms with Crippen LogP contribution in [0.25, 0.3) is 0 Å². The summed E-state index contributed by atoms with van der Waals surface area (Å²) in [5.74, 6) is 0.474. The molecule has 0 aliphatic rings. The van der Waals surface area contributed by atoms with E-state index in [2.05, 4.69) is 5.16 Å². The molecule has 106 valence electrons. The number of hydrogen-bond acceptors (Lipinski definition) is 4. The number of nitrogen functional groups attached to an aromatic ring is 1. The van der Waals surface area contributed by atoms with E-state index in [1.54, 1.807) is 30.1 Å². The number of hydrogen-bond donors (Lipinski definition) is 1. The quantitative estimate of drug-likeness (QED) is 0.883. The Hall–Kier alpha value is -2.01. The van der Waals surface area contributed by atoms with Crippen molar-refractivity contribution in [2.24, 2.45) is 0 Å². The van der Waals surface area contributed by atoms with Crippen LogP contribution < -0.4 is 5.73 Å². The molecule has 2 N–H and O–H groups in total. The topological polar surface area (TPSA) is 72.4 Å². The van der Waals surface area contributed by atoms with Gasteiger partial charge in [0.05, 0.1) is 22.8 Å². The van der Waals surface area contributed by atoms with Gasteiger partial charge in [0.15, 0.2) is 0 Å². The van der Waals surface area contributed by atoms with Crippen molar-refractivity contribution in [3.8, 4) is 0 Å². The fourth-order valence-electron chi connectivity index (χ4n) is 1.99. The first-order valence-corrected chi connectivity index (χ1v) is 6.50. The van der Waals surface area contributed by atoms with Crippen molar-refractivity contribution in [3.63, 3.8) is 0 Å². The molecule has 6 heteroatoms. The summed E-state index contributed by atoms with van der Waals surface area (Å²) in [6.07, 6.45) is 0. The minimum Gasteiger partial charge on any atom is -0.398 e. The number of carbonyl (C=O) groups is 1. The molecule has 1 aromatic carbocycles. The van der Waals surface area contributed by atoms with E-state index in [1.165, 1.54) is 0 Å². The van der Waals surface area contributed by atoms with Crippen molar-refractivity contribution in [3.05, 3.63) is 45.8 Å². The summed E-state index contributed by atoms with van der Waals surface area (Å²) in [7, 11) is 1.69. The minimum atomic E-state index is -0.229. The van der Waals surface area contributed by atoms with Gasteiger partial charge in [-0.05, 0) is 26.0 Å². The van der Waals surface area contributed by atoms with Crippen molar-refractivity contribution in [1.82, 2.24) is 10.1 Å². The highest BCUT2D eigenvalue weighted by molar-refractivity contribution is 6.34. The Labute approximate surface area is 122 Å². The second-order valence-corrected chi connectivity index (χ2v) is 5.08. The van der Waals surface area contributed by atoms with Crippen LogP contribution in [0.15, 0.2) is 22.7 Å². The van der Waals surface area contributed by atoms with Crippen LogP contribution in [-0.2, 0) is 6.54 Å².